The maximum atomic E-state index is 14.0. The summed E-state index contributed by atoms with van der Waals surface area (Å²) in [5.74, 6) is -50.5. The minimum absolute atomic E-state index is 0.797. The highest BCUT2D eigenvalue weighted by molar-refractivity contribution is 6.41. The Balaban J connectivity index is 6.96. The first-order chi connectivity index (χ1) is 13.3. The number of hydrogen-bond acceptors (Lipinski definition) is 1. The second kappa shape index (κ2) is 8.10. The highest BCUT2D eigenvalue weighted by Crippen LogP contribution is 2.63. The van der Waals surface area contributed by atoms with Crippen LogP contribution in [0, 0.1) is 0 Å². The van der Waals surface area contributed by atoms with E-state index in [1.165, 1.54) is 0 Å². The first-order valence-electron chi connectivity index (χ1n) is 7.26. The van der Waals surface area contributed by atoms with Gasteiger partial charge in [0.15, 0.2) is 0 Å². The number of hydrogen-bond donors (Lipinski definition) is 1. The van der Waals surface area contributed by atoms with Crippen molar-refractivity contribution >= 4 is 17.6 Å². The second-order valence-corrected chi connectivity index (χ2v) is 6.17. The van der Waals surface area contributed by atoms with Crippen molar-refractivity contribution in [2.75, 3.05) is 0 Å². The summed E-state index contributed by atoms with van der Waals surface area (Å²) in [5.41, 5.74) is -2.70. The predicted molar refractivity (Wildman–Crippen MR) is 71.2 cm³/mol. The van der Waals surface area contributed by atoms with Gasteiger partial charge in [-0.15, -0.1) is 0 Å². The van der Waals surface area contributed by atoms with E-state index in [1.54, 1.807) is 0 Å². The van der Waals surface area contributed by atoms with Gasteiger partial charge in [-0.3, -0.25) is 0 Å². The zero-order valence-corrected chi connectivity index (χ0v) is 15.1. The van der Waals surface area contributed by atoms with E-state index < -0.39 is 71.1 Å². The van der Waals surface area contributed by atoms with Crippen LogP contribution in [0.1, 0.15) is 19.8 Å². The summed E-state index contributed by atoms with van der Waals surface area (Å²) >= 11 is 4.76. The lowest BCUT2D eigenvalue weighted by Gasteiger charge is -2.42. The Bertz CT molecular complexity index is 723. The molecule has 0 spiro atoms. The molecule has 0 heterocycles. The molecule has 0 saturated heterocycles. The predicted octanol–water partition coefficient (Wildman–Crippen LogP) is 6.74. The summed E-state index contributed by atoms with van der Waals surface area (Å²) < 4.78 is 197. The quantitative estimate of drug-likeness (QED) is 0.272. The molecule has 0 rings (SSSR count). The fourth-order valence-electron chi connectivity index (χ4n) is 1.94. The number of alkyl halides is 15. The van der Waals surface area contributed by atoms with E-state index in [-0.39, 0.29) is 0 Å². The van der Waals surface area contributed by atoms with Crippen LogP contribution in [-0.4, -0.2) is 52.8 Å². The molecule has 2 nitrogen and oxygen atoms in total. The number of aliphatic carboxylic acids is 1. The van der Waals surface area contributed by atoms with Crippen LogP contribution in [0.5, 0.6) is 0 Å². The number of carboxylic acids is 1. The van der Waals surface area contributed by atoms with Gasteiger partial charge in [-0.2, -0.15) is 65.9 Å². The molecular weight excluding hydrogens is 509 g/mol. The molecular formula is C13H8ClF15O2. The van der Waals surface area contributed by atoms with Gasteiger partial charge < -0.3 is 5.11 Å². The van der Waals surface area contributed by atoms with E-state index in [0.29, 0.717) is 0 Å². The standard InChI is InChI=1S/C13H8ClF15O2/c1-2-3-4(5(14)6(30)31)7(15,16)8(17,18)9(19,20)10(21,22)11(23,24)12(25,26)13(27,28)29/h2-3H2,1H3,(H,30,31). The van der Waals surface area contributed by atoms with Gasteiger partial charge in [0, 0.05) is 5.57 Å². The fraction of sp³-hybridized carbons (Fsp3) is 0.769. The van der Waals surface area contributed by atoms with Crippen LogP contribution in [0.3, 0.4) is 0 Å². The summed E-state index contributed by atoms with van der Waals surface area (Å²) in [4.78, 5) is 10.6. The lowest BCUT2D eigenvalue weighted by Crippen LogP contribution is -2.72. The van der Waals surface area contributed by atoms with Gasteiger partial charge in [0.05, 0.1) is 0 Å². The van der Waals surface area contributed by atoms with Crippen LogP contribution >= 0.6 is 11.6 Å². The number of halogens is 16. The molecule has 0 saturated carbocycles. The van der Waals surface area contributed by atoms with Crippen molar-refractivity contribution in [2.45, 2.75) is 61.5 Å². The first-order valence-corrected chi connectivity index (χ1v) is 7.64. The summed E-state index contributed by atoms with van der Waals surface area (Å²) in [7, 11) is 0. The molecule has 0 bridgehead atoms. The van der Waals surface area contributed by atoms with Crippen molar-refractivity contribution in [3.63, 3.8) is 0 Å². The van der Waals surface area contributed by atoms with Crippen molar-refractivity contribution in [3.05, 3.63) is 10.6 Å². The third kappa shape index (κ3) is 4.13. The molecule has 31 heavy (non-hydrogen) atoms. The van der Waals surface area contributed by atoms with Crippen molar-refractivity contribution in [2.24, 2.45) is 0 Å². The number of allylic oxidation sites excluding steroid dienone is 1. The maximum Gasteiger partial charge on any atom is 0.460 e. The topological polar surface area (TPSA) is 37.3 Å². The summed E-state index contributed by atoms with van der Waals surface area (Å²) in [5, 5.41) is 6.11. The van der Waals surface area contributed by atoms with Gasteiger partial charge in [0.1, 0.15) is 5.03 Å². The second-order valence-electron chi connectivity index (χ2n) is 5.79. The lowest BCUT2D eigenvalue weighted by atomic mass is 9.87. The molecule has 0 fully saturated rings. The average Bonchev–Trinajstić information content (AvgIpc) is 2.56. The van der Waals surface area contributed by atoms with Crippen LogP contribution in [0.15, 0.2) is 10.6 Å². The van der Waals surface area contributed by atoms with E-state index in [9.17, 15) is 70.7 Å². The normalized spacial score (nSPS) is 16.3. The zero-order chi connectivity index (χ0) is 25.6. The number of carbonyl (C=O) groups is 1. The highest BCUT2D eigenvalue weighted by Gasteiger charge is 2.93. The average molecular weight is 517 g/mol. The lowest BCUT2D eigenvalue weighted by molar-refractivity contribution is -0.450. The van der Waals surface area contributed by atoms with Crippen LogP contribution in [0.25, 0.3) is 0 Å². The smallest absolute Gasteiger partial charge is 0.460 e. The summed E-state index contributed by atoms with van der Waals surface area (Å²) in [6, 6.07) is 0. The van der Waals surface area contributed by atoms with Gasteiger partial charge >= 0.3 is 47.7 Å². The third-order valence-electron chi connectivity index (χ3n) is 3.66. The molecule has 0 atom stereocenters. The Morgan fingerprint density at radius 3 is 1.29 bits per heavy atom. The van der Waals surface area contributed by atoms with Gasteiger partial charge in [0.2, 0.25) is 0 Å². The molecule has 0 aliphatic heterocycles. The van der Waals surface area contributed by atoms with E-state index in [0.717, 1.165) is 6.92 Å². The van der Waals surface area contributed by atoms with Crippen molar-refractivity contribution in [1.29, 1.82) is 0 Å². The molecule has 18 heteroatoms. The molecule has 0 radical (unpaired) electrons. The molecule has 184 valence electrons. The maximum absolute atomic E-state index is 14.0. The Kier molecular flexibility index (Phi) is 7.69. The molecule has 0 aliphatic rings. The minimum atomic E-state index is -8.45. The minimum Gasteiger partial charge on any atom is -0.477 e. The number of carboxylic acid groups (broad SMARTS) is 1. The van der Waals surface area contributed by atoms with Crippen molar-refractivity contribution < 1.29 is 75.8 Å². The largest absolute Gasteiger partial charge is 0.477 e. The summed E-state index contributed by atoms with van der Waals surface area (Å²) in [6.07, 6.45) is -10.1. The molecule has 0 aliphatic carbocycles. The molecule has 0 aromatic carbocycles. The SMILES string of the molecule is CCCC(=C(Cl)C(=O)O)C(F)(F)C(F)(F)C(F)(F)C(F)(F)C(F)(F)C(F)(F)C(F)(F)F. The van der Waals surface area contributed by atoms with Gasteiger partial charge in [0.25, 0.3) is 0 Å². The molecule has 1 N–H and O–H groups in total. The van der Waals surface area contributed by atoms with Crippen LogP contribution in [0.2, 0.25) is 0 Å². The molecule has 0 amide bonds. The van der Waals surface area contributed by atoms with Crippen molar-refractivity contribution in [1.82, 2.24) is 0 Å². The third-order valence-corrected chi connectivity index (χ3v) is 4.05. The van der Waals surface area contributed by atoms with Crippen LogP contribution < -0.4 is 0 Å². The van der Waals surface area contributed by atoms with Gasteiger partial charge in [-0.05, 0) is 6.42 Å². The Labute approximate surface area is 166 Å². The van der Waals surface area contributed by atoms with Crippen LogP contribution in [-0.2, 0) is 4.79 Å². The highest BCUT2D eigenvalue weighted by atomic mass is 35.5. The fourth-order valence-corrected chi connectivity index (χ4v) is 2.15. The van der Waals surface area contributed by atoms with E-state index in [4.69, 9.17) is 16.7 Å². The van der Waals surface area contributed by atoms with E-state index in [1.807, 2.05) is 0 Å². The van der Waals surface area contributed by atoms with Gasteiger partial charge in [-0.25, -0.2) is 4.79 Å². The van der Waals surface area contributed by atoms with E-state index in [2.05, 4.69) is 0 Å². The summed E-state index contributed by atoms with van der Waals surface area (Å²) in [6.45, 7) is 0.824. The Morgan fingerprint density at radius 2 is 1.00 bits per heavy atom. The number of rotatable bonds is 9. The van der Waals surface area contributed by atoms with Crippen molar-refractivity contribution in [3.8, 4) is 0 Å². The zero-order valence-electron chi connectivity index (χ0n) is 14.3. The molecule has 0 aromatic heterocycles. The Morgan fingerprint density at radius 1 is 0.677 bits per heavy atom. The first kappa shape index (κ1) is 29.5. The van der Waals surface area contributed by atoms with E-state index >= 15 is 0 Å². The molecule has 0 unspecified atom stereocenters. The molecule has 0 aromatic rings. The van der Waals surface area contributed by atoms with Crippen LogP contribution in [0.4, 0.5) is 65.9 Å². The monoisotopic (exact) mass is 516 g/mol. The van der Waals surface area contributed by atoms with Gasteiger partial charge in [-0.1, -0.05) is 24.9 Å². The Hall–Kier alpha value is -1.55.